The lowest BCUT2D eigenvalue weighted by atomic mass is 10.1. The van der Waals surface area contributed by atoms with Gasteiger partial charge in [-0.3, -0.25) is 14.6 Å². The Balaban J connectivity index is 2.00. The predicted molar refractivity (Wildman–Crippen MR) is 65.6 cm³/mol. The van der Waals surface area contributed by atoms with E-state index in [0.29, 0.717) is 5.52 Å². The highest BCUT2D eigenvalue weighted by Crippen LogP contribution is 2.31. The molecular formula is C10H12N6O5. The van der Waals surface area contributed by atoms with Gasteiger partial charge in [-0.15, -0.1) is 0 Å². The van der Waals surface area contributed by atoms with Crippen LogP contribution in [0.3, 0.4) is 0 Å². The molecule has 3 heterocycles. The van der Waals surface area contributed by atoms with Gasteiger partial charge in [0.1, 0.15) is 24.1 Å². The first-order valence-corrected chi connectivity index (χ1v) is 5.93. The number of imidazole rings is 1. The number of aliphatic hydroxyl groups excluding tert-OH is 2. The summed E-state index contributed by atoms with van der Waals surface area (Å²) in [5.41, 5.74) is 7.60. The van der Waals surface area contributed by atoms with E-state index in [2.05, 4.69) is 15.0 Å². The third-order valence-electron chi connectivity index (χ3n) is 3.27. The number of carbonyl (C=O) groups is 1. The van der Waals surface area contributed by atoms with Crippen LogP contribution in [-0.4, -0.2) is 59.2 Å². The lowest BCUT2D eigenvalue weighted by molar-refractivity contribution is -0.146. The van der Waals surface area contributed by atoms with Crippen LogP contribution >= 0.6 is 0 Å². The highest BCUT2D eigenvalue weighted by Gasteiger charge is 2.47. The number of anilines is 1. The summed E-state index contributed by atoms with van der Waals surface area (Å²) in [6.07, 6.45) is -2.95. The molecule has 112 valence electrons. The van der Waals surface area contributed by atoms with Gasteiger partial charge in [0.25, 0.3) is 5.91 Å². The maximum atomic E-state index is 11.4. The third-order valence-corrected chi connectivity index (χ3v) is 3.27. The largest absolute Gasteiger partial charge is 0.387 e. The van der Waals surface area contributed by atoms with Gasteiger partial charge in [0.05, 0.1) is 6.33 Å². The van der Waals surface area contributed by atoms with Crippen LogP contribution in [0.5, 0.6) is 0 Å². The first kappa shape index (κ1) is 13.6. The molecule has 0 spiro atoms. The maximum Gasteiger partial charge on any atom is 0.275 e. The van der Waals surface area contributed by atoms with Crippen LogP contribution in [0.1, 0.15) is 6.23 Å². The SMILES string of the molecule is Nc1ncnc2c1ncn2[C@H]1O[C@@H](C(=O)NO)[C@@H](O)[C@@H]1O. The van der Waals surface area contributed by atoms with E-state index in [0.717, 1.165) is 0 Å². The van der Waals surface area contributed by atoms with E-state index in [1.54, 1.807) is 0 Å². The quantitative estimate of drug-likeness (QED) is 0.298. The van der Waals surface area contributed by atoms with Gasteiger partial charge in [0, 0.05) is 0 Å². The Morgan fingerprint density at radius 2 is 2.10 bits per heavy atom. The van der Waals surface area contributed by atoms with Crippen molar-refractivity contribution in [1.82, 2.24) is 25.0 Å². The van der Waals surface area contributed by atoms with Crippen LogP contribution in [0.25, 0.3) is 11.2 Å². The van der Waals surface area contributed by atoms with Crippen molar-refractivity contribution in [3.63, 3.8) is 0 Å². The minimum atomic E-state index is -1.52. The predicted octanol–water partition coefficient (Wildman–Crippen LogP) is -2.47. The number of fused-ring (bicyclic) bond motifs is 1. The van der Waals surface area contributed by atoms with Gasteiger partial charge >= 0.3 is 0 Å². The van der Waals surface area contributed by atoms with Crippen LogP contribution < -0.4 is 11.2 Å². The van der Waals surface area contributed by atoms with Crippen molar-refractivity contribution < 1.29 is 25.0 Å². The number of nitrogens with one attached hydrogen (secondary N) is 1. The number of amides is 1. The van der Waals surface area contributed by atoms with E-state index < -0.39 is 30.4 Å². The number of hydrogen-bond acceptors (Lipinski definition) is 9. The minimum absolute atomic E-state index is 0.149. The fourth-order valence-electron chi connectivity index (χ4n) is 2.23. The Bertz CT molecular complexity index is 690. The first-order valence-electron chi connectivity index (χ1n) is 5.93. The number of ether oxygens (including phenoxy) is 1. The number of rotatable bonds is 2. The number of aliphatic hydroxyl groups is 2. The Hall–Kier alpha value is -2.34. The molecule has 2 aromatic heterocycles. The van der Waals surface area contributed by atoms with E-state index in [4.69, 9.17) is 15.7 Å². The summed E-state index contributed by atoms with van der Waals surface area (Å²) in [6, 6.07) is 0. The molecule has 0 unspecified atom stereocenters. The van der Waals surface area contributed by atoms with Gasteiger partial charge < -0.3 is 20.7 Å². The average molecular weight is 296 g/mol. The second-order valence-electron chi connectivity index (χ2n) is 4.49. The number of nitrogens with two attached hydrogens (primary N) is 1. The standard InChI is InChI=1S/C10H12N6O5/c11-7-3-8(13-1-12-7)16(2-14-3)10-5(18)4(17)6(21-10)9(19)15-20/h1-2,4-6,10,17-18,20H,(H,15,19)(H2,11,12,13)/t4-,5-,6+,10-/m0/s1. The van der Waals surface area contributed by atoms with Gasteiger partial charge in [0.2, 0.25) is 0 Å². The van der Waals surface area contributed by atoms with Crippen LogP contribution in [0, 0.1) is 0 Å². The molecular weight excluding hydrogens is 284 g/mol. The lowest BCUT2D eigenvalue weighted by Crippen LogP contribution is -2.41. The molecule has 4 atom stereocenters. The average Bonchev–Trinajstić information content (AvgIpc) is 3.02. The van der Waals surface area contributed by atoms with E-state index in [-0.39, 0.29) is 11.5 Å². The van der Waals surface area contributed by atoms with Gasteiger partial charge in [-0.25, -0.2) is 20.4 Å². The molecule has 1 aliphatic heterocycles. The highest BCUT2D eigenvalue weighted by atomic mass is 16.6. The normalized spacial score (nSPS) is 28.9. The molecule has 0 bridgehead atoms. The van der Waals surface area contributed by atoms with Crippen molar-refractivity contribution in [1.29, 1.82) is 0 Å². The van der Waals surface area contributed by atoms with Crippen molar-refractivity contribution in [2.24, 2.45) is 0 Å². The second kappa shape index (κ2) is 4.89. The van der Waals surface area contributed by atoms with Crippen molar-refractivity contribution >= 4 is 22.9 Å². The lowest BCUT2D eigenvalue weighted by Gasteiger charge is -2.16. The van der Waals surface area contributed by atoms with Crippen molar-refractivity contribution in [2.75, 3.05) is 5.73 Å². The fraction of sp³-hybridized carbons (Fsp3) is 0.400. The molecule has 0 aliphatic carbocycles. The molecule has 1 saturated heterocycles. The molecule has 11 nitrogen and oxygen atoms in total. The Kier molecular flexibility index (Phi) is 3.17. The summed E-state index contributed by atoms with van der Waals surface area (Å²) in [5.74, 6) is -0.820. The molecule has 0 saturated carbocycles. The Labute approximate surface area is 117 Å². The summed E-state index contributed by atoms with van der Waals surface area (Å²) in [6.45, 7) is 0. The van der Waals surface area contributed by atoms with Gasteiger partial charge in [-0.2, -0.15) is 0 Å². The summed E-state index contributed by atoms with van der Waals surface area (Å²) < 4.78 is 6.61. The van der Waals surface area contributed by atoms with Crippen molar-refractivity contribution in [3.05, 3.63) is 12.7 Å². The second-order valence-corrected chi connectivity index (χ2v) is 4.49. The summed E-state index contributed by atoms with van der Waals surface area (Å²) >= 11 is 0. The molecule has 11 heteroatoms. The number of hydrogen-bond donors (Lipinski definition) is 5. The number of nitrogens with zero attached hydrogens (tertiary/aromatic N) is 4. The van der Waals surface area contributed by atoms with Crippen molar-refractivity contribution in [2.45, 2.75) is 24.5 Å². The molecule has 6 N–H and O–H groups in total. The Morgan fingerprint density at radius 3 is 2.81 bits per heavy atom. The van der Waals surface area contributed by atoms with E-state index in [1.807, 2.05) is 0 Å². The summed E-state index contributed by atoms with van der Waals surface area (Å²) in [7, 11) is 0. The summed E-state index contributed by atoms with van der Waals surface area (Å²) in [5, 5.41) is 28.4. The zero-order valence-electron chi connectivity index (χ0n) is 10.5. The molecule has 2 aromatic rings. The number of hydroxylamine groups is 1. The van der Waals surface area contributed by atoms with E-state index >= 15 is 0 Å². The highest BCUT2D eigenvalue weighted by molar-refractivity contribution is 5.82. The van der Waals surface area contributed by atoms with E-state index in [1.165, 1.54) is 22.7 Å². The van der Waals surface area contributed by atoms with Gasteiger partial charge in [-0.05, 0) is 0 Å². The molecule has 3 rings (SSSR count). The zero-order valence-corrected chi connectivity index (χ0v) is 10.5. The molecule has 21 heavy (non-hydrogen) atoms. The Morgan fingerprint density at radius 1 is 1.33 bits per heavy atom. The van der Waals surface area contributed by atoms with Crippen LogP contribution in [0.4, 0.5) is 5.82 Å². The molecule has 1 fully saturated rings. The topological polar surface area (TPSA) is 169 Å². The van der Waals surface area contributed by atoms with Gasteiger partial charge in [0.15, 0.2) is 23.8 Å². The third kappa shape index (κ3) is 1.99. The molecule has 0 radical (unpaired) electrons. The molecule has 1 aliphatic rings. The van der Waals surface area contributed by atoms with E-state index in [9.17, 15) is 15.0 Å². The zero-order chi connectivity index (χ0) is 15.1. The van der Waals surface area contributed by atoms with Crippen LogP contribution in [0.2, 0.25) is 0 Å². The van der Waals surface area contributed by atoms with Crippen LogP contribution in [-0.2, 0) is 9.53 Å². The fourth-order valence-corrected chi connectivity index (χ4v) is 2.23. The minimum Gasteiger partial charge on any atom is -0.387 e. The number of nitrogen functional groups attached to an aromatic ring is 1. The molecule has 1 amide bonds. The smallest absolute Gasteiger partial charge is 0.275 e. The maximum absolute atomic E-state index is 11.4. The number of aromatic nitrogens is 4. The molecule has 0 aromatic carbocycles. The van der Waals surface area contributed by atoms with Crippen LogP contribution in [0.15, 0.2) is 12.7 Å². The van der Waals surface area contributed by atoms with Gasteiger partial charge in [-0.1, -0.05) is 0 Å². The monoisotopic (exact) mass is 296 g/mol. The summed E-state index contributed by atoms with van der Waals surface area (Å²) in [4.78, 5) is 23.1. The number of carbonyl (C=O) groups excluding carboxylic acids is 1. The van der Waals surface area contributed by atoms with Crippen molar-refractivity contribution in [3.8, 4) is 0 Å². The first-order chi connectivity index (χ1) is 10.0.